The zero-order valence-electron chi connectivity index (χ0n) is 7.58. The van der Waals surface area contributed by atoms with Crippen molar-refractivity contribution in [3.63, 3.8) is 0 Å². The Labute approximate surface area is 73.3 Å². The molecule has 68 valence electrons. The van der Waals surface area contributed by atoms with Gasteiger partial charge in [-0.1, -0.05) is 13.3 Å². The van der Waals surface area contributed by atoms with Crippen LogP contribution in [0.3, 0.4) is 0 Å². The van der Waals surface area contributed by atoms with Gasteiger partial charge in [0.15, 0.2) is 0 Å². The molecule has 2 aliphatic rings. The first-order valence-electron chi connectivity index (χ1n) is 4.94. The lowest BCUT2D eigenvalue weighted by atomic mass is 9.91. The minimum Gasteiger partial charge on any atom is -0.465 e. The van der Waals surface area contributed by atoms with Crippen molar-refractivity contribution < 1.29 is 9.53 Å². The van der Waals surface area contributed by atoms with Crippen LogP contribution in [-0.2, 0) is 9.53 Å². The van der Waals surface area contributed by atoms with Crippen LogP contribution in [0.25, 0.3) is 0 Å². The molecule has 0 spiro atoms. The van der Waals surface area contributed by atoms with E-state index < -0.39 is 0 Å². The largest absolute Gasteiger partial charge is 0.465 e. The maximum absolute atomic E-state index is 11.2. The van der Waals surface area contributed by atoms with Crippen LogP contribution in [0, 0.1) is 17.8 Å². The minimum atomic E-state index is 0.0640. The standard InChI is InChI=1S/C10H16O2/c1-7-2-4-8-6-12-10(11)9(8)5-3-7/h7-9H,2-6H2,1H3. The van der Waals surface area contributed by atoms with Crippen molar-refractivity contribution in [1.82, 2.24) is 0 Å². The fourth-order valence-corrected chi connectivity index (χ4v) is 2.35. The molecule has 2 heteroatoms. The van der Waals surface area contributed by atoms with Gasteiger partial charge in [-0.3, -0.25) is 4.79 Å². The molecule has 1 saturated heterocycles. The second-order valence-electron chi connectivity index (χ2n) is 4.26. The average molecular weight is 168 g/mol. The van der Waals surface area contributed by atoms with Gasteiger partial charge in [-0.2, -0.15) is 0 Å². The molecule has 0 aromatic rings. The third-order valence-corrected chi connectivity index (χ3v) is 3.31. The van der Waals surface area contributed by atoms with Gasteiger partial charge in [-0.15, -0.1) is 0 Å². The number of hydrogen-bond acceptors (Lipinski definition) is 2. The van der Waals surface area contributed by atoms with E-state index in [0.717, 1.165) is 12.3 Å². The Bertz CT molecular complexity index is 188. The van der Waals surface area contributed by atoms with E-state index in [1.807, 2.05) is 0 Å². The lowest BCUT2D eigenvalue weighted by Gasteiger charge is -2.08. The summed E-state index contributed by atoms with van der Waals surface area (Å²) in [4.78, 5) is 11.2. The zero-order valence-corrected chi connectivity index (χ0v) is 7.58. The highest BCUT2D eigenvalue weighted by Gasteiger charge is 2.37. The van der Waals surface area contributed by atoms with Gasteiger partial charge in [-0.05, 0) is 25.2 Å². The number of carbonyl (C=O) groups excluding carboxylic acids is 1. The number of hydrogen-bond donors (Lipinski definition) is 0. The molecular weight excluding hydrogens is 152 g/mol. The molecule has 3 atom stereocenters. The van der Waals surface area contributed by atoms with Gasteiger partial charge < -0.3 is 4.74 Å². The molecule has 2 nitrogen and oxygen atoms in total. The number of rotatable bonds is 0. The Morgan fingerprint density at radius 1 is 1.25 bits per heavy atom. The Morgan fingerprint density at radius 2 is 2.00 bits per heavy atom. The van der Waals surface area contributed by atoms with Crippen molar-refractivity contribution in [3.05, 3.63) is 0 Å². The normalized spacial score (nSPS) is 41.8. The van der Waals surface area contributed by atoms with Crippen LogP contribution in [0.1, 0.15) is 32.6 Å². The van der Waals surface area contributed by atoms with Crippen molar-refractivity contribution in [2.45, 2.75) is 32.6 Å². The van der Waals surface area contributed by atoms with Crippen molar-refractivity contribution in [1.29, 1.82) is 0 Å². The summed E-state index contributed by atoms with van der Waals surface area (Å²) in [6.45, 7) is 2.97. The summed E-state index contributed by atoms with van der Waals surface area (Å²) in [7, 11) is 0. The Morgan fingerprint density at radius 3 is 2.83 bits per heavy atom. The van der Waals surface area contributed by atoms with Crippen LogP contribution < -0.4 is 0 Å². The summed E-state index contributed by atoms with van der Waals surface area (Å²) in [5, 5.41) is 0. The number of cyclic esters (lactones) is 1. The highest BCUT2D eigenvalue weighted by Crippen LogP contribution is 2.36. The molecule has 0 bridgehead atoms. The topological polar surface area (TPSA) is 26.3 Å². The molecule has 1 heterocycles. The van der Waals surface area contributed by atoms with E-state index in [1.165, 1.54) is 19.3 Å². The van der Waals surface area contributed by atoms with Crippen molar-refractivity contribution in [2.75, 3.05) is 6.61 Å². The van der Waals surface area contributed by atoms with E-state index in [-0.39, 0.29) is 11.9 Å². The number of esters is 1. The first-order valence-corrected chi connectivity index (χ1v) is 4.94. The second-order valence-corrected chi connectivity index (χ2v) is 4.26. The molecule has 0 aromatic carbocycles. The fourth-order valence-electron chi connectivity index (χ4n) is 2.35. The van der Waals surface area contributed by atoms with Crippen LogP contribution in [0.15, 0.2) is 0 Å². The van der Waals surface area contributed by atoms with E-state index in [1.54, 1.807) is 0 Å². The van der Waals surface area contributed by atoms with Gasteiger partial charge in [-0.25, -0.2) is 0 Å². The summed E-state index contributed by atoms with van der Waals surface area (Å²) in [6, 6.07) is 0. The Kier molecular flexibility index (Phi) is 2.07. The predicted molar refractivity (Wildman–Crippen MR) is 45.6 cm³/mol. The summed E-state index contributed by atoms with van der Waals surface area (Å²) >= 11 is 0. The maximum atomic E-state index is 11.2. The Hall–Kier alpha value is -0.530. The van der Waals surface area contributed by atoms with Crippen LogP contribution in [0.5, 0.6) is 0 Å². The third-order valence-electron chi connectivity index (χ3n) is 3.31. The van der Waals surface area contributed by atoms with E-state index >= 15 is 0 Å². The minimum absolute atomic E-state index is 0.0640. The van der Waals surface area contributed by atoms with E-state index in [2.05, 4.69) is 6.92 Å². The van der Waals surface area contributed by atoms with Gasteiger partial charge in [0.2, 0.25) is 0 Å². The lowest BCUT2D eigenvalue weighted by molar-refractivity contribution is -0.141. The van der Waals surface area contributed by atoms with Crippen LogP contribution in [0.2, 0.25) is 0 Å². The molecule has 0 N–H and O–H groups in total. The van der Waals surface area contributed by atoms with E-state index in [0.29, 0.717) is 12.5 Å². The zero-order chi connectivity index (χ0) is 8.55. The van der Waals surface area contributed by atoms with Crippen molar-refractivity contribution >= 4 is 5.97 Å². The summed E-state index contributed by atoms with van der Waals surface area (Å²) in [6.07, 6.45) is 4.73. The maximum Gasteiger partial charge on any atom is 0.309 e. The number of fused-ring (bicyclic) bond motifs is 1. The summed E-state index contributed by atoms with van der Waals surface area (Å²) < 4.78 is 5.05. The molecule has 0 amide bonds. The third kappa shape index (κ3) is 1.35. The predicted octanol–water partition coefficient (Wildman–Crippen LogP) is 1.99. The van der Waals surface area contributed by atoms with Crippen LogP contribution in [0.4, 0.5) is 0 Å². The monoisotopic (exact) mass is 168 g/mol. The second kappa shape index (κ2) is 3.08. The molecule has 1 saturated carbocycles. The van der Waals surface area contributed by atoms with Gasteiger partial charge in [0.25, 0.3) is 0 Å². The quantitative estimate of drug-likeness (QED) is 0.517. The molecule has 3 unspecified atom stereocenters. The molecule has 0 radical (unpaired) electrons. The molecule has 2 rings (SSSR count). The molecule has 12 heavy (non-hydrogen) atoms. The van der Waals surface area contributed by atoms with Crippen molar-refractivity contribution in [2.24, 2.45) is 17.8 Å². The molecule has 0 aromatic heterocycles. The van der Waals surface area contributed by atoms with Gasteiger partial charge in [0, 0.05) is 5.92 Å². The van der Waals surface area contributed by atoms with E-state index in [9.17, 15) is 4.79 Å². The Balaban J connectivity index is 2.04. The lowest BCUT2D eigenvalue weighted by Crippen LogP contribution is -2.13. The first kappa shape index (κ1) is 8.09. The summed E-state index contributed by atoms with van der Waals surface area (Å²) in [5.41, 5.74) is 0. The molecule has 1 aliphatic carbocycles. The van der Waals surface area contributed by atoms with Gasteiger partial charge in [0.05, 0.1) is 12.5 Å². The number of carbonyl (C=O) groups is 1. The SMILES string of the molecule is CC1CCC2COC(=O)C2CC1. The summed E-state index contributed by atoms with van der Waals surface area (Å²) in [5.74, 6) is 1.66. The van der Waals surface area contributed by atoms with Crippen LogP contribution in [-0.4, -0.2) is 12.6 Å². The van der Waals surface area contributed by atoms with E-state index in [4.69, 9.17) is 4.74 Å². The molecule has 2 fully saturated rings. The van der Waals surface area contributed by atoms with Gasteiger partial charge >= 0.3 is 5.97 Å². The highest BCUT2D eigenvalue weighted by molar-refractivity contribution is 5.74. The number of ether oxygens (including phenoxy) is 1. The van der Waals surface area contributed by atoms with Gasteiger partial charge in [0.1, 0.15) is 0 Å². The fraction of sp³-hybridized carbons (Fsp3) is 0.900. The van der Waals surface area contributed by atoms with Crippen LogP contribution >= 0.6 is 0 Å². The highest BCUT2D eigenvalue weighted by atomic mass is 16.5. The molecule has 1 aliphatic heterocycles. The smallest absolute Gasteiger partial charge is 0.309 e. The first-order chi connectivity index (χ1) is 5.77. The molecular formula is C10H16O2. The average Bonchev–Trinajstić information content (AvgIpc) is 2.28. The van der Waals surface area contributed by atoms with Crippen molar-refractivity contribution in [3.8, 4) is 0 Å².